The van der Waals surface area contributed by atoms with Crippen LogP contribution < -0.4 is 10.2 Å². The highest BCUT2D eigenvalue weighted by Crippen LogP contribution is 2.25. The van der Waals surface area contributed by atoms with Crippen molar-refractivity contribution in [1.29, 1.82) is 0 Å². The quantitative estimate of drug-likeness (QED) is 0.519. The second-order valence-electron chi connectivity index (χ2n) is 4.88. The SMILES string of the molecule is COc1cc(C(=O)N/N=C/c2ccc(Br)cc2)cc(CO)c1CO. The number of benzene rings is 2. The molecule has 0 radical (unpaired) electrons. The molecule has 6 nitrogen and oxygen atoms in total. The van der Waals surface area contributed by atoms with E-state index in [0.29, 0.717) is 16.9 Å². The van der Waals surface area contributed by atoms with Gasteiger partial charge < -0.3 is 14.9 Å². The molecule has 7 heteroatoms. The second-order valence-corrected chi connectivity index (χ2v) is 5.80. The molecule has 24 heavy (non-hydrogen) atoms. The van der Waals surface area contributed by atoms with E-state index in [9.17, 15) is 15.0 Å². The number of methoxy groups -OCH3 is 1. The number of halogens is 1. The van der Waals surface area contributed by atoms with Crippen LogP contribution in [0.5, 0.6) is 5.75 Å². The van der Waals surface area contributed by atoms with Crippen LogP contribution in [0.15, 0.2) is 46.0 Å². The lowest BCUT2D eigenvalue weighted by atomic mass is 10.0. The fraction of sp³-hybridized carbons (Fsp3) is 0.176. The normalized spacial score (nSPS) is 10.8. The highest BCUT2D eigenvalue weighted by atomic mass is 79.9. The van der Waals surface area contributed by atoms with Gasteiger partial charge in [0.15, 0.2) is 0 Å². The minimum Gasteiger partial charge on any atom is -0.496 e. The van der Waals surface area contributed by atoms with Gasteiger partial charge in [-0.25, -0.2) is 5.43 Å². The highest BCUT2D eigenvalue weighted by Gasteiger charge is 2.14. The van der Waals surface area contributed by atoms with Crippen molar-refractivity contribution in [3.05, 3.63) is 63.1 Å². The van der Waals surface area contributed by atoms with Crippen LogP contribution in [0.1, 0.15) is 27.0 Å². The lowest BCUT2D eigenvalue weighted by molar-refractivity contribution is 0.0954. The summed E-state index contributed by atoms with van der Waals surface area (Å²) in [5.74, 6) is -0.105. The fourth-order valence-corrected chi connectivity index (χ4v) is 2.38. The molecule has 0 aliphatic carbocycles. The number of rotatable bonds is 6. The molecule has 126 valence electrons. The molecule has 2 aromatic carbocycles. The first-order valence-corrected chi connectivity index (χ1v) is 7.88. The van der Waals surface area contributed by atoms with Gasteiger partial charge in [-0.05, 0) is 35.4 Å². The van der Waals surface area contributed by atoms with Crippen molar-refractivity contribution in [1.82, 2.24) is 5.43 Å². The molecular weight excluding hydrogens is 376 g/mol. The summed E-state index contributed by atoms with van der Waals surface area (Å²) in [5, 5.41) is 22.7. The molecule has 0 fully saturated rings. The van der Waals surface area contributed by atoms with Crippen molar-refractivity contribution in [3.63, 3.8) is 0 Å². The molecule has 0 bridgehead atoms. The molecule has 0 atom stereocenters. The zero-order valence-corrected chi connectivity index (χ0v) is 14.6. The molecule has 0 saturated carbocycles. The Kier molecular flexibility index (Phi) is 6.48. The van der Waals surface area contributed by atoms with E-state index < -0.39 is 5.91 Å². The predicted octanol–water partition coefficient (Wildman–Crippen LogP) is 2.21. The molecule has 3 N–H and O–H groups in total. The summed E-state index contributed by atoms with van der Waals surface area (Å²) in [6.45, 7) is -0.599. The second kappa shape index (κ2) is 8.58. The number of aliphatic hydroxyl groups is 2. The van der Waals surface area contributed by atoms with Crippen molar-refractivity contribution in [2.24, 2.45) is 5.10 Å². The van der Waals surface area contributed by atoms with Gasteiger partial charge in [-0.15, -0.1) is 0 Å². The lowest BCUT2D eigenvalue weighted by Gasteiger charge is -2.12. The molecule has 0 saturated heterocycles. The number of carbonyl (C=O) groups is 1. The minimum absolute atomic E-state index is 0.279. The summed E-state index contributed by atoms with van der Waals surface area (Å²) >= 11 is 3.34. The summed E-state index contributed by atoms with van der Waals surface area (Å²) in [7, 11) is 1.43. The zero-order chi connectivity index (χ0) is 17.5. The largest absolute Gasteiger partial charge is 0.496 e. The Morgan fingerprint density at radius 3 is 2.54 bits per heavy atom. The van der Waals surface area contributed by atoms with Crippen molar-refractivity contribution in [3.8, 4) is 5.75 Å². The number of aliphatic hydroxyl groups excluding tert-OH is 2. The Hall–Kier alpha value is -2.22. The van der Waals surface area contributed by atoms with Crippen molar-refractivity contribution in [2.45, 2.75) is 13.2 Å². The van der Waals surface area contributed by atoms with Gasteiger partial charge in [0, 0.05) is 15.6 Å². The maximum Gasteiger partial charge on any atom is 0.271 e. The van der Waals surface area contributed by atoms with Crippen molar-refractivity contribution >= 4 is 28.1 Å². The van der Waals surface area contributed by atoms with E-state index >= 15 is 0 Å². The van der Waals surface area contributed by atoms with E-state index in [0.717, 1.165) is 10.0 Å². The van der Waals surface area contributed by atoms with Gasteiger partial charge in [0.05, 0.1) is 26.5 Å². The Morgan fingerprint density at radius 1 is 1.25 bits per heavy atom. The predicted molar refractivity (Wildman–Crippen MR) is 94.0 cm³/mol. The monoisotopic (exact) mass is 392 g/mol. The Bertz CT molecular complexity index is 720. The van der Waals surface area contributed by atoms with E-state index in [-0.39, 0.29) is 18.8 Å². The maximum atomic E-state index is 12.2. The molecule has 1 amide bonds. The van der Waals surface area contributed by atoms with Crippen LogP contribution in [0, 0.1) is 0 Å². The number of amides is 1. The molecule has 0 heterocycles. The number of carbonyl (C=O) groups excluding carboxylic acids is 1. The third kappa shape index (κ3) is 4.41. The van der Waals surface area contributed by atoms with Gasteiger partial charge >= 0.3 is 0 Å². The topological polar surface area (TPSA) is 91.2 Å². The zero-order valence-electron chi connectivity index (χ0n) is 13.0. The number of hydrogen-bond donors (Lipinski definition) is 3. The van der Waals surface area contributed by atoms with Crippen molar-refractivity contribution in [2.75, 3.05) is 7.11 Å². The molecule has 0 aliphatic heterocycles. The summed E-state index contributed by atoms with van der Waals surface area (Å²) in [4.78, 5) is 12.2. The van der Waals surface area contributed by atoms with Gasteiger partial charge in [-0.1, -0.05) is 28.1 Å². The number of nitrogens with one attached hydrogen (secondary N) is 1. The first kappa shape index (κ1) is 18.1. The van der Waals surface area contributed by atoms with E-state index in [4.69, 9.17) is 4.74 Å². The first-order valence-electron chi connectivity index (χ1n) is 7.09. The highest BCUT2D eigenvalue weighted by molar-refractivity contribution is 9.10. The van der Waals surface area contributed by atoms with Gasteiger partial charge in [-0.3, -0.25) is 4.79 Å². The first-order chi connectivity index (χ1) is 11.6. The third-order valence-corrected chi connectivity index (χ3v) is 3.89. The van der Waals surface area contributed by atoms with Crippen LogP contribution in [0.25, 0.3) is 0 Å². The van der Waals surface area contributed by atoms with E-state index in [1.807, 2.05) is 24.3 Å². The van der Waals surface area contributed by atoms with Crippen LogP contribution in [0.4, 0.5) is 0 Å². The smallest absolute Gasteiger partial charge is 0.271 e. The Labute approximate surface area is 147 Å². The number of hydrogen-bond acceptors (Lipinski definition) is 5. The molecule has 0 unspecified atom stereocenters. The van der Waals surface area contributed by atoms with Crippen LogP contribution >= 0.6 is 15.9 Å². The summed E-state index contributed by atoms with van der Waals surface area (Å²) in [5.41, 5.74) is 4.42. The lowest BCUT2D eigenvalue weighted by Crippen LogP contribution is -2.18. The molecule has 0 spiro atoms. The van der Waals surface area contributed by atoms with Gasteiger partial charge in [0.1, 0.15) is 5.75 Å². The van der Waals surface area contributed by atoms with E-state index in [1.165, 1.54) is 25.5 Å². The van der Waals surface area contributed by atoms with Crippen LogP contribution in [-0.2, 0) is 13.2 Å². The van der Waals surface area contributed by atoms with Crippen LogP contribution in [-0.4, -0.2) is 29.4 Å². The molecule has 0 aliphatic rings. The average Bonchev–Trinajstić information content (AvgIpc) is 2.61. The Morgan fingerprint density at radius 2 is 1.96 bits per heavy atom. The Balaban J connectivity index is 2.15. The molecular formula is C17H17BrN2O4. The van der Waals surface area contributed by atoms with E-state index in [1.54, 1.807) is 0 Å². The minimum atomic E-state index is -0.444. The van der Waals surface area contributed by atoms with Crippen LogP contribution in [0.3, 0.4) is 0 Å². The van der Waals surface area contributed by atoms with Crippen LogP contribution in [0.2, 0.25) is 0 Å². The summed E-state index contributed by atoms with van der Waals surface area (Å²) < 4.78 is 6.12. The average molecular weight is 393 g/mol. The molecule has 2 rings (SSSR count). The number of nitrogens with zero attached hydrogens (tertiary/aromatic N) is 1. The standard InChI is InChI=1S/C17H17BrN2O4/c1-24-16-7-12(6-13(9-21)15(16)10-22)17(23)20-19-8-11-2-4-14(18)5-3-11/h2-8,21-22H,9-10H2,1H3,(H,20,23)/b19-8+. The van der Waals surface area contributed by atoms with E-state index in [2.05, 4.69) is 26.5 Å². The maximum absolute atomic E-state index is 12.2. The van der Waals surface area contributed by atoms with Gasteiger partial charge in [-0.2, -0.15) is 5.10 Å². The van der Waals surface area contributed by atoms with Gasteiger partial charge in [0.2, 0.25) is 0 Å². The van der Waals surface area contributed by atoms with Gasteiger partial charge in [0.25, 0.3) is 5.91 Å². The van der Waals surface area contributed by atoms with Crippen molar-refractivity contribution < 1.29 is 19.7 Å². The number of ether oxygens (including phenoxy) is 1. The fourth-order valence-electron chi connectivity index (χ4n) is 2.12. The molecule has 0 aromatic heterocycles. The summed E-state index contributed by atoms with van der Waals surface area (Å²) in [6.07, 6.45) is 1.52. The third-order valence-electron chi connectivity index (χ3n) is 3.36. The molecule has 2 aromatic rings. The summed E-state index contributed by atoms with van der Waals surface area (Å²) in [6, 6.07) is 10.4. The number of hydrazone groups is 1.